The highest BCUT2D eigenvalue weighted by molar-refractivity contribution is 5.35. The molecule has 0 fully saturated rings. The smallest absolute Gasteiger partial charge is 0.377 e. The Kier molecular flexibility index (Phi) is 5.65. The summed E-state index contributed by atoms with van der Waals surface area (Å²) in [6, 6.07) is 5.98. The molecule has 0 amide bonds. The molecule has 0 N–H and O–H groups in total. The Morgan fingerprint density at radius 1 is 0.875 bits per heavy atom. The molecule has 24 heavy (non-hydrogen) atoms. The molecule has 0 heterocycles. The van der Waals surface area contributed by atoms with Gasteiger partial charge in [0.05, 0.1) is 6.10 Å². The first-order valence-electron chi connectivity index (χ1n) is 7.09. The molecule has 0 radical (unpaired) electrons. The van der Waals surface area contributed by atoms with Crippen LogP contribution in [0, 0.1) is 0 Å². The van der Waals surface area contributed by atoms with E-state index < -0.39 is 36.0 Å². The van der Waals surface area contributed by atoms with Crippen molar-refractivity contribution < 1.29 is 35.5 Å². The standard InChI is InChI=1S/C16H19F7O/c1-13(2,3)11-8-6-5-7-10(11)12(24-4)9-14(17,15(18,19)20)16(21,22)23/h5-8,12H,9H2,1-4H3. The van der Waals surface area contributed by atoms with Gasteiger partial charge < -0.3 is 4.74 Å². The predicted octanol–water partition coefficient (Wildman–Crippen LogP) is 5.89. The van der Waals surface area contributed by atoms with Crippen molar-refractivity contribution in [2.75, 3.05) is 7.11 Å². The summed E-state index contributed by atoms with van der Waals surface area (Å²) < 4.78 is 95.6. The molecule has 1 aromatic rings. The topological polar surface area (TPSA) is 9.23 Å². The molecule has 0 aliphatic rings. The van der Waals surface area contributed by atoms with Crippen LogP contribution in [0.1, 0.15) is 44.4 Å². The molecule has 138 valence electrons. The van der Waals surface area contributed by atoms with Crippen molar-refractivity contribution in [2.24, 2.45) is 0 Å². The Balaban J connectivity index is 3.39. The monoisotopic (exact) mass is 360 g/mol. The third-order valence-corrected chi connectivity index (χ3v) is 3.77. The van der Waals surface area contributed by atoms with E-state index in [1.165, 1.54) is 12.1 Å². The third kappa shape index (κ3) is 4.02. The molecule has 0 bridgehead atoms. The molecule has 0 aliphatic carbocycles. The Morgan fingerprint density at radius 2 is 1.33 bits per heavy atom. The Morgan fingerprint density at radius 3 is 1.71 bits per heavy atom. The van der Waals surface area contributed by atoms with Crippen LogP contribution in [-0.4, -0.2) is 25.1 Å². The molecule has 1 nitrogen and oxygen atoms in total. The van der Waals surface area contributed by atoms with Gasteiger partial charge in [0, 0.05) is 13.5 Å². The Labute approximate surface area is 135 Å². The highest BCUT2D eigenvalue weighted by atomic mass is 19.4. The summed E-state index contributed by atoms with van der Waals surface area (Å²) in [4.78, 5) is 0. The molecule has 0 saturated heterocycles. The highest BCUT2D eigenvalue weighted by Gasteiger charge is 2.72. The van der Waals surface area contributed by atoms with Crippen LogP contribution in [0.4, 0.5) is 30.7 Å². The zero-order valence-corrected chi connectivity index (χ0v) is 13.6. The quantitative estimate of drug-likeness (QED) is 0.608. The van der Waals surface area contributed by atoms with Gasteiger partial charge in [-0.2, -0.15) is 26.3 Å². The molecule has 1 aromatic carbocycles. The first-order valence-corrected chi connectivity index (χ1v) is 7.09. The summed E-state index contributed by atoms with van der Waals surface area (Å²) in [6.45, 7) is 5.23. The number of hydrogen-bond donors (Lipinski definition) is 0. The van der Waals surface area contributed by atoms with Gasteiger partial charge in [-0.1, -0.05) is 45.0 Å². The SMILES string of the molecule is COC(CC(F)(C(F)(F)F)C(F)(F)F)c1ccccc1C(C)(C)C. The van der Waals surface area contributed by atoms with Crippen molar-refractivity contribution in [3.8, 4) is 0 Å². The van der Waals surface area contributed by atoms with E-state index in [2.05, 4.69) is 0 Å². The number of hydrogen-bond acceptors (Lipinski definition) is 1. The largest absolute Gasteiger partial charge is 0.431 e. The number of methoxy groups -OCH3 is 1. The lowest BCUT2D eigenvalue weighted by molar-refractivity contribution is -0.348. The molecule has 1 unspecified atom stereocenters. The van der Waals surface area contributed by atoms with Gasteiger partial charge in [0.1, 0.15) is 0 Å². The van der Waals surface area contributed by atoms with E-state index in [0.717, 1.165) is 7.11 Å². The number of rotatable bonds is 4. The van der Waals surface area contributed by atoms with Crippen LogP contribution in [0.25, 0.3) is 0 Å². The van der Waals surface area contributed by atoms with E-state index in [9.17, 15) is 30.7 Å². The van der Waals surface area contributed by atoms with Crippen molar-refractivity contribution in [3.63, 3.8) is 0 Å². The molecular formula is C16H19F7O. The van der Waals surface area contributed by atoms with E-state index in [1.54, 1.807) is 32.9 Å². The van der Waals surface area contributed by atoms with Gasteiger partial charge in [-0.3, -0.25) is 0 Å². The first kappa shape index (κ1) is 20.7. The van der Waals surface area contributed by atoms with Crippen LogP contribution in [0.5, 0.6) is 0 Å². The molecule has 1 atom stereocenters. The maximum Gasteiger partial charge on any atom is 0.431 e. The maximum absolute atomic E-state index is 14.0. The summed E-state index contributed by atoms with van der Waals surface area (Å²) in [5.74, 6) is 0. The zero-order chi connectivity index (χ0) is 19.0. The lowest BCUT2D eigenvalue weighted by Gasteiger charge is -2.34. The summed E-state index contributed by atoms with van der Waals surface area (Å²) in [5, 5.41) is 0. The van der Waals surface area contributed by atoms with Crippen molar-refractivity contribution in [1.29, 1.82) is 0 Å². The lowest BCUT2D eigenvalue weighted by atomic mass is 9.80. The first-order chi connectivity index (χ1) is 10.6. The fourth-order valence-corrected chi connectivity index (χ4v) is 2.43. The van der Waals surface area contributed by atoms with Gasteiger partial charge in [0.15, 0.2) is 0 Å². The Hall–Kier alpha value is -1.31. The fourth-order valence-electron chi connectivity index (χ4n) is 2.43. The molecule has 0 saturated carbocycles. The average molecular weight is 360 g/mol. The van der Waals surface area contributed by atoms with Gasteiger partial charge >= 0.3 is 18.0 Å². The summed E-state index contributed by atoms with van der Waals surface area (Å²) in [6.07, 6.45) is -15.8. The van der Waals surface area contributed by atoms with Crippen LogP contribution in [-0.2, 0) is 10.2 Å². The highest BCUT2D eigenvalue weighted by Crippen LogP contribution is 2.51. The summed E-state index contributed by atoms with van der Waals surface area (Å²) in [7, 11) is 0.956. The van der Waals surface area contributed by atoms with Crippen LogP contribution in [0.2, 0.25) is 0 Å². The van der Waals surface area contributed by atoms with Gasteiger partial charge in [0.2, 0.25) is 0 Å². The van der Waals surface area contributed by atoms with Crippen LogP contribution < -0.4 is 0 Å². The van der Waals surface area contributed by atoms with Crippen molar-refractivity contribution in [1.82, 2.24) is 0 Å². The van der Waals surface area contributed by atoms with Gasteiger partial charge in [0.25, 0.3) is 0 Å². The van der Waals surface area contributed by atoms with Gasteiger partial charge in [-0.25, -0.2) is 4.39 Å². The van der Waals surface area contributed by atoms with Crippen molar-refractivity contribution >= 4 is 0 Å². The van der Waals surface area contributed by atoms with Crippen LogP contribution in [0.15, 0.2) is 24.3 Å². The number of alkyl halides is 7. The van der Waals surface area contributed by atoms with Crippen molar-refractivity contribution in [3.05, 3.63) is 35.4 Å². The molecule has 1 rings (SSSR count). The third-order valence-electron chi connectivity index (χ3n) is 3.77. The van der Waals surface area contributed by atoms with E-state index in [-0.39, 0.29) is 5.56 Å². The maximum atomic E-state index is 14.0. The minimum atomic E-state index is -6.10. The molecule has 8 heteroatoms. The molecule has 0 aliphatic heterocycles. The Bertz CT molecular complexity index is 541. The summed E-state index contributed by atoms with van der Waals surface area (Å²) in [5.41, 5.74) is -5.33. The second-order valence-electron chi connectivity index (χ2n) is 6.56. The van der Waals surface area contributed by atoms with E-state index in [0.29, 0.717) is 5.56 Å². The zero-order valence-electron chi connectivity index (χ0n) is 13.6. The number of benzene rings is 1. The molecular weight excluding hydrogens is 341 g/mol. The lowest BCUT2D eigenvalue weighted by Crippen LogP contribution is -2.54. The average Bonchev–Trinajstić information content (AvgIpc) is 2.41. The second-order valence-corrected chi connectivity index (χ2v) is 6.56. The van der Waals surface area contributed by atoms with E-state index in [4.69, 9.17) is 4.74 Å². The van der Waals surface area contributed by atoms with Gasteiger partial charge in [-0.15, -0.1) is 0 Å². The van der Waals surface area contributed by atoms with Crippen molar-refractivity contribution in [2.45, 2.75) is 56.7 Å². The second kappa shape index (κ2) is 6.54. The predicted molar refractivity (Wildman–Crippen MR) is 75.5 cm³/mol. The normalized spacial score (nSPS) is 15.5. The van der Waals surface area contributed by atoms with Gasteiger partial charge in [-0.05, 0) is 16.5 Å². The minimum absolute atomic E-state index is 0.100. The summed E-state index contributed by atoms with van der Waals surface area (Å²) >= 11 is 0. The van der Waals surface area contributed by atoms with E-state index >= 15 is 0 Å². The molecule has 0 aromatic heterocycles. The van der Waals surface area contributed by atoms with E-state index in [1.807, 2.05) is 0 Å². The van der Waals surface area contributed by atoms with Crippen LogP contribution in [0.3, 0.4) is 0 Å². The minimum Gasteiger partial charge on any atom is -0.377 e. The number of halogens is 7. The fraction of sp³-hybridized carbons (Fsp3) is 0.625. The number of ether oxygens (including phenoxy) is 1. The molecule has 0 spiro atoms. The van der Waals surface area contributed by atoms with Crippen LogP contribution >= 0.6 is 0 Å².